The Kier molecular flexibility index (Phi) is 4.76. The van der Waals surface area contributed by atoms with Crippen LogP contribution in [0.4, 0.5) is 28.8 Å². The number of nitrogens with one attached hydrogen (secondary N) is 1. The maximum Gasteiger partial charge on any atom is 0.416 e. The molecule has 2 aliphatic rings. The van der Waals surface area contributed by atoms with Crippen LogP contribution in [0.3, 0.4) is 0 Å². The molecule has 2 atom stereocenters. The summed E-state index contributed by atoms with van der Waals surface area (Å²) < 4.78 is 53.1. The molecule has 2 amide bonds. The number of halogens is 3. The maximum atomic E-state index is 14.8. The molecule has 3 N–H and O–H groups in total. The van der Waals surface area contributed by atoms with E-state index in [1.165, 1.54) is 13.1 Å². The Balaban J connectivity index is 1.74. The second-order valence-corrected chi connectivity index (χ2v) is 7.51. The number of ether oxygens (including phenoxy) is 2. The van der Waals surface area contributed by atoms with Crippen molar-refractivity contribution in [2.75, 3.05) is 23.4 Å². The Hall–Kier alpha value is -2.96. The van der Waals surface area contributed by atoms with Gasteiger partial charge in [0.25, 0.3) is 6.43 Å². The summed E-state index contributed by atoms with van der Waals surface area (Å²) in [7, 11) is 0. The number of alkyl halides is 2. The van der Waals surface area contributed by atoms with Gasteiger partial charge in [-0.05, 0) is 6.92 Å². The number of thiophene rings is 1. The lowest BCUT2D eigenvalue weighted by atomic mass is 10.3. The van der Waals surface area contributed by atoms with E-state index in [0.29, 0.717) is 4.88 Å². The fraction of sp³-hybridized carbons (Fsp3) is 0.438. The molecule has 0 aromatic carbocycles. The van der Waals surface area contributed by atoms with Gasteiger partial charge >= 0.3 is 6.09 Å². The van der Waals surface area contributed by atoms with Crippen molar-refractivity contribution in [3.63, 3.8) is 0 Å². The van der Waals surface area contributed by atoms with Crippen LogP contribution in [0.1, 0.15) is 6.92 Å². The lowest BCUT2D eigenvalue weighted by Gasteiger charge is -2.17. The summed E-state index contributed by atoms with van der Waals surface area (Å²) >= 11 is 0.942. The molecule has 1 fully saturated rings. The number of hydrogen-bond donors (Lipinski definition) is 2. The molecule has 2 aromatic rings. The number of nitrogens with two attached hydrogens (primary N) is 1. The SMILES string of the molecule is C[C@H](Nc1sc2c(c1F)OCCn1cc(N3C(=O)OCC3C(F)F)nc1-2)C(N)=O. The molecular weight excluding hydrogens is 415 g/mol. The van der Waals surface area contributed by atoms with Crippen LogP contribution in [-0.2, 0) is 16.1 Å². The summed E-state index contributed by atoms with van der Waals surface area (Å²) in [4.78, 5) is 28.6. The fourth-order valence-corrected chi connectivity index (χ4v) is 4.15. The Labute approximate surface area is 166 Å². The molecule has 2 aliphatic heterocycles. The van der Waals surface area contributed by atoms with Gasteiger partial charge in [-0.3, -0.25) is 4.79 Å². The molecule has 2 aromatic heterocycles. The zero-order valence-electron chi connectivity index (χ0n) is 15.0. The summed E-state index contributed by atoms with van der Waals surface area (Å²) in [6.07, 6.45) is -2.31. The molecule has 0 saturated carbocycles. The first-order valence-electron chi connectivity index (χ1n) is 8.60. The largest absolute Gasteiger partial charge is 0.487 e. The summed E-state index contributed by atoms with van der Waals surface area (Å²) in [6, 6.07) is -2.28. The highest BCUT2D eigenvalue weighted by Crippen LogP contribution is 2.46. The van der Waals surface area contributed by atoms with E-state index in [-0.39, 0.29) is 35.5 Å². The van der Waals surface area contributed by atoms with E-state index in [2.05, 4.69) is 10.3 Å². The molecular formula is C16H16F3N5O4S. The van der Waals surface area contributed by atoms with Crippen LogP contribution in [0.5, 0.6) is 5.75 Å². The van der Waals surface area contributed by atoms with Gasteiger partial charge in [0.05, 0.1) is 6.54 Å². The molecule has 156 valence electrons. The Morgan fingerprint density at radius 3 is 2.90 bits per heavy atom. The predicted octanol–water partition coefficient (Wildman–Crippen LogP) is 2.02. The first kappa shape index (κ1) is 19.4. The van der Waals surface area contributed by atoms with E-state index in [4.69, 9.17) is 15.2 Å². The van der Waals surface area contributed by atoms with E-state index in [1.807, 2.05) is 0 Å². The van der Waals surface area contributed by atoms with Crippen molar-refractivity contribution in [1.29, 1.82) is 0 Å². The number of primary amides is 1. The zero-order chi connectivity index (χ0) is 20.9. The number of aromatic nitrogens is 2. The van der Waals surface area contributed by atoms with Gasteiger partial charge in [0.15, 0.2) is 23.2 Å². The molecule has 13 heteroatoms. The Morgan fingerprint density at radius 1 is 1.45 bits per heavy atom. The van der Waals surface area contributed by atoms with E-state index >= 15 is 0 Å². The molecule has 1 unspecified atom stereocenters. The van der Waals surface area contributed by atoms with Gasteiger partial charge in [0.2, 0.25) is 5.91 Å². The van der Waals surface area contributed by atoms with Gasteiger partial charge in [0, 0.05) is 6.20 Å². The predicted molar refractivity (Wildman–Crippen MR) is 96.9 cm³/mol. The van der Waals surface area contributed by atoms with Gasteiger partial charge in [-0.2, -0.15) is 4.39 Å². The van der Waals surface area contributed by atoms with Crippen LogP contribution in [-0.4, -0.2) is 53.3 Å². The minimum absolute atomic E-state index is 0.0190. The van der Waals surface area contributed by atoms with Crippen LogP contribution in [0.15, 0.2) is 6.20 Å². The molecule has 4 heterocycles. The minimum atomic E-state index is -2.81. The number of cyclic esters (lactones) is 1. The molecule has 1 saturated heterocycles. The molecule has 0 radical (unpaired) electrons. The van der Waals surface area contributed by atoms with Crippen molar-refractivity contribution in [2.24, 2.45) is 5.73 Å². The van der Waals surface area contributed by atoms with E-state index in [9.17, 15) is 22.8 Å². The second kappa shape index (κ2) is 7.13. The number of rotatable bonds is 5. The fourth-order valence-electron chi connectivity index (χ4n) is 3.03. The Bertz CT molecular complexity index is 978. The standard InChI is InChI=1S/C16H16F3N5O4S/c1-6(13(20)25)21-15-9(17)10-11(29-15)14-22-8(4-23(14)2-3-27-10)24-7(12(18)19)5-28-16(24)26/h4,6-7,12,21H,2-3,5H2,1H3,(H2,20,25)/t6-,7?/m0/s1. The topological polar surface area (TPSA) is 112 Å². The molecule has 0 aliphatic carbocycles. The molecule has 29 heavy (non-hydrogen) atoms. The number of amides is 2. The normalized spacial score (nSPS) is 19.3. The smallest absolute Gasteiger partial charge is 0.416 e. The molecule has 4 rings (SSSR count). The number of nitrogens with zero attached hydrogens (tertiary/aromatic N) is 3. The first-order valence-corrected chi connectivity index (χ1v) is 9.42. The van der Waals surface area contributed by atoms with Crippen LogP contribution < -0.4 is 20.7 Å². The van der Waals surface area contributed by atoms with Crippen molar-refractivity contribution in [3.8, 4) is 16.5 Å². The highest BCUT2D eigenvalue weighted by Gasteiger charge is 2.42. The molecule has 0 spiro atoms. The van der Waals surface area contributed by atoms with Gasteiger partial charge in [0.1, 0.15) is 35.2 Å². The van der Waals surface area contributed by atoms with Gasteiger partial charge < -0.3 is 25.1 Å². The summed E-state index contributed by atoms with van der Waals surface area (Å²) in [5, 5.41) is 2.71. The summed E-state index contributed by atoms with van der Waals surface area (Å²) in [6.45, 7) is 1.40. The third-order valence-corrected chi connectivity index (χ3v) is 5.65. The number of imidazole rings is 1. The quantitative estimate of drug-likeness (QED) is 0.749. The second-order valence-electron chi connectivity index (χ2n) is 6.49. The first-order chi connectivity index (χ1) is 13.8. The number of anilines is 2. The van der Waals surface area contributed by atoms with Gasteiger partial charge in [-0.15, -0.1) is 11.3 Å². The summed E-state index contributed by atoms with van der Waals surface area (Å²) in [5.74, 6) is -1.21. The van der Waals surface area contributed by atoms with Crippen molar-refractivity contribution < 1.29 is 32.2 Å². The average molecular weight is 431 g/mol. The zero-order valence-corrected chi connectivity index (χ0v) is 15.8. The summed E-state index contributed by atoms with van der Waals surface area (Å²) in [5.41, 5.74) is 5.20. The highest BCUT2D eigenvalue weighted by molar-refractivity contribution is 7.19. The lowest BCUT2D eigenvalue weighted by molar-refractivity contribution is -0.118. The van der Waals surface area contributed by atoms with Crippen LogP contribution in [0, 0.1) is 5.82 Å². The Morgan fingerprint density at radius 2 is 2.21 bits per heavy atom. The molecule has 9 nitrogen and oxygen atoms in total. The third kappa shape index (κ3) is 3.24. The van der Waals surface area contributed by atoms with E-state index < -0.39 is 42.9 Å². The van der Waals surface area contributed by atoms with Gasteiger partial charge in [-0.1, -0.05) is 0 Å². The average Bonchev–Trinajstić information content (AvgIpc) is 3.29. The maximum absolute atomic E-state index is 14.8. The number of hydrogen-bond acceptors (Lipinski definition) is 7. The number of carbonyl (C=O) groups excluding carboxylic acids is 2. The molecule has 0 bridgehead atoms. The third-order valence-electron chi connectivity index (χ3n) is 4.57. The van der Waals surface area contributed by atoms with Crippen molar-refractivity contribution >= 4 is 34.2 Å². The van der Waals surface area contributed by atoms with Crippen LogP contribution >= 0.6 is 11.3 Å². The van der Waals surface area contributed by atoms with Crippen molar-refractivity contribution in [3.05, 3.63) is 12.0 Å². The van der Waals surface area contributed by atoms with E-state index in [1.54, 1.807) is 4.57 Å². The monoisotopic (exact) mass is 431 g/mol. The highest BCUT2D eigenvalue weighted by atomic mass is 32.1. The van der Waals surface area contributed by atoms with Crippen molar-refractivity contribution in [2.45, 2.75) is 32.0 Å². The number of carbonyl (C=O) groups is 2. The van der Waals surface area contributed by atoms with Crippen LogP contribution in [0.25, 0.3) is 10.7 Å². The number of fused-ring (bicyclic) bond motifs is 3. The van der Waals surface area contributed by atoms with Crippen LogP contribution in [0.2, 0.25) is 0 Å². The minimum Gasteiger partial charge on any atom is -0.487 e. The van der Waals surface area contributed by atoms with E-state index in [0.717, 1.165) is 16.2 Å². The van der Waals surface area contributed by atoms with Gasteiger partial charge in [-0.25, -0.2) is 23.5 Å². The lowest BCUT2D eigenvalue weighted by Crippen LogP contribution is -2.38. The van der Waals surface area contributed by atoms with Crippen molar-refractivity contribution in [1.82, 2.24) is 9.55 Å².